The molecule has 0 unspecified atom stereocenters. The van der Waals surface area contributed by atoms with E-state index >= 15 is 0 Å². The van der Waals surface area contributed by atoms with Gasteiger partial charge in [0.2, 0.25) is 0 Å². The van der Waals surface area contributed by atoms with E-state index in [1.807, 2.05) is 12.1 Å². The molecule has 27 heavy (non-hydrogen) atoms. The van der Waals surface area contributed by atoms with Gasteiger partial charge in [0.15, 0.2) is 0 Å². The van der Waals surface area contributed by atoms with E-state index in [0.29, 0.717) is 5.92 Å². The van der Waals surface area contributed by atoms with Crippen LogP contribution < -0.4 is 10.6 Å². The Morgan fingerprint density at radius 1 is 1.07 bits per heavy atom. The SMILES string of the molecule is O=C(NCC1C2CC3CC(C2)CC1C3)N[C@H]1CCCO[C@@H]1c1ccncc1. The summed E-state index contributed by atoms with van der Waals surface area (Å²) >= 11 is 0. The van der Waals surface area contributed by atoms with Crippen LogP contribution in [0.5, 0.6) is 0 Å². The van der Waals surface area contributed by atoms with Crippen LogP contribution >= 0.6 is 0 Å². The van der Waals surface area contributed by atoms with Crippen molar-refractivity contribution in [1.82, 2.24) is 15.6 Å². The van der Waals surface area contributed by atoms with Gasteiger partial charge >= 0.3 is 6.03 Å². The molecule has 2 heterocycles. The molecule has 0 radical (unpaired) electrons. The zero-order valence-corrected chi connectivity index (χ0v) is 16.0. The van der Waals surface area contributed by atoms with Crippen LogP contribution in [0.25, 0.3) is 0 Å². The summed E-state index contributed by atoms with van der Waals surface area (Å²) in [4.78, 5) is 16.7. The number of rotatable bonds is 4. The number of urea groups is 1. The molecular weight excluding hydrogens is 338 g/mol. The van der Waals surface area contributed by atoms with Crippen molar-refractivity contribution in [2.24, 2.45) is 29.6 Å². The van der Waals surface area contributed by atoms with Gasteiger partial charge in [0, 0.05) is 25.5 Å². The Hall–Kier alpha value is -1.62. The lowest BCUT2D eigenvalue weighted by Crippen LogP contribution is -2.52. The van der Waals surface area contributed by atoms with Crippen molar-refractivity contribution < 1.29 is 9.53 Å². The van der Waals surface area contributed by atoms with Gasteiger partial charge in [-0.15, -0.1) is 0 Å². The minimum absolute atomic E-state index is 0.0275. The second-order valence-electron chi connectivity index (χ2n) is 9.27. The number of aromatic nitrogens is 1. The van der Waals surface area contributed by atoms with Gasteiger partial charge in [-0.1, -0.05) is 0 Å². The predicted octanol–water partition coefficient (Wildman–Crippen LogP) is 3.67. The fourth-order valence-electron chi connectivity index (χ4n) is 6.61. The predicted molar refractivity (Wildman–Crippen MR) is 103 cm³/mol. The van der Waals surface area contributed by atoms with Gasteiger partial charge < -0.3 is 15.4 Å². The van der Waals surface area contributed by atoms with Gasteiger partial charge in [-0.2, -0.15) is 0 Å². The number of carbonyl (C=O) groups excluding carboxylic acids is 1. The minimum Gasteiger partial charge on any atom is -0.371 e. The van der Waals surface area contributed by atoms with Crippen LogP contribution in [0.15, 0.2) is 24.5 Å². The Labute approximate surface area is 161 Å². The maximum atomic E-state index is 12.6. The van der Waals surface area contributed by atoms with E-state index in [2.05, 4.69) is 15.6 Å². The first-order chi connectivity index (χ1) is 13.3. The monoisotopic (exact) mass is 369 g/mol. The number of amides is 2. The zero-order valence-electron chi connectivity index (χ0n) is 16.0. The lowest BCUT2D eigenvalue weighted by molar-refractivity contribution is -0.0347. The molecule has 4 aliphatic carbocycles. The van der Waals surface area contributed by atoms with E-state index in [1.165, 1.54) is 32.1 Å². The highest BCUT2D eigenvalue weighted by Crippen LogP contribution is 2.56. The van der Waals surface area contributed by atoms with Crippen LogP contribution in [0.3, 0.4) is 0 Å². The normalized spacial score (nSPS) is 39.9. The van der Waals surface area contributed by atoms with Crippen molar-refractivity contribution in [3.05, 3.63) is 30.1 Å². The number of hydrogen-bond acceptors (Lipinski definition) is 3. The molecule has 5 heteroatoms. The quantitative estimate of drug-likeness (QED) is 0.851. The molecule has 2 amide bonds. The molecule has 5 fully saturated rings. The largest absolute Gasteiger partial charge is 0.371 e. The third-order valence-electron chi connectivity index (χ3n) is 7.59. The van der Waals surface area contributed by atoms with Gasteiger partial charge in [-0.05, 0) is 92.2 Å². The first kappa shape index (κ1) is 17.5. The topological polar surface area (TPSA) is 63.2 Å². The Morgan fingerprint density at radius 3 is 2.48 bits per heavy atom. The number of pyridine rings is 1. The fourth-order valence-corrected chi connectivity index (χ4v) is 6.61. The smallest absolute Gasteiger partial charge is 0.315 e. The van der Waals surface area contributed by atoms with E-state index < -0.39 is 0 Å². The molecule has 5 aliphatic rings. The van der Waals surface area contributed by atoms with E-state index in [4.69, 9.17) is 4.74 Å². The molecule has 6 rings (SSSR count). The van der Waals surface area contributed by atoms with Crippen molar-refractivity contribution in [2.45, 2.75) is 57.1 Å². The fraction of sp³-hybridized carbons (Fsp3) is 0.727. The molecule has 2 atom stereocenters. The van der Waals surface area contributed by atoms with E-state index in [0.717, 1.165) is 55.2 Å². The van der Waals surface area contributed by atoms with Gasteiger partial charge in [0.25, 0.3) is 0 Å². The second kappa shape index (κ2) is 7.42. The van der Waals surface area contributed by atoms with E-state index in [9.17, 15) is 4.79 Å². The highest BCUT2D eigenvalue weighted by molar-refractivity contribution is 5.74. The highest BCUT2D eigenvalue weighted by Gasteiger charge is 2.48. The summed E-state index contributed by atoms with van der Waals surface area (Å²) < 4.78 is 5.98. The van der Waals surface area contributed by atoms with Crippen LogP contribution in [0.4, 0.5) is 4.79 Å². The van der Waals surface area contributed by atoms with Gasteiger partial charge in [0.05, 0.1) is 6.04 Å². The molecule has 1 aromatic heterocycles. The van der Waals surface area contributed by atoms with Crippen molar-refractivity contribution in [2.75, 3.05) is 13.2 Å². The molecule has 0 spiro atoms. The summed E-state index contributed by atoms with van der Waals surface area (Å²) in [6, 6.07) is 3.96. The lowest BCUT2D eigenvalue weighted by Gasteiger charge is -2.54. The molecule has 1 aromatic rings. The second-order valence-corrected chi connectivity index (χ2v) is 9.27. The third kappa shape index (κ3) is 3.58. The summed E-state index contributed by atoms with van der Waals surface area (Å²) in [6.07, 6.45) is 12.5. The van der Waals surface area contributed by atoms with Crippen LogP contribution in [-0.4, -0.2) is 30.2 Å². The molecule has 0 aromatic carbocycles. The van der Waals surface area contributed by atoms with Crippen molar-refractivity contribution in [1.29, 1.82) is 0 Å². The molecule has 1 saturated heterocycles. The number of nitrogens with zero attached hydrogens (tertiary/aromatic N) is 1. The average molecular weight is 370 g/mol. The third-order valence-corrected chi connectivity index (χ3v) is 7.59. The Kier molecular flexibility index (Phi) is 4.80. The molecule has 4 saturated carbocycles. The molecule has 2 N–H and O–H groups in total. The number of carbonyl (C=O) groups is 1. The zero-order chi connectivity index (χ0) is 18.2. The lowest BCUT2D eigenvalue weighted by atomic mass is 9.52. The summed E-state index contributed by atoms with van der Waals surface area (Å²) in [5.74, 6) is 4.37. The van der Waals surface area contributed by atoms with E-state index in [-0.39, 0.29) is 18.2 Å². The summed E-state index contributed by atoms with van der Waals surface area (Å²) in [6.45, 7) is 1.59. The van der Waals surface area contributed by atoms with Gasteiger partial charge in [0.1, 0.15) is 6.10 Å². The molecule has 4 bridgehead atoms. The summed E-state index contributed by atoms with van der Waals surface area (Å²) in [7, 11) is 0. The molecule has 146 valence electrons. The highest BCUT2D eigenvalue weighted by atomic mass is 16.5. The first-order valence-electron chi connectivity index (χ1n) is 10.8. The van der Waals surface area contributed by atoms with Crippen LogP contribution in [0, 0.1) is 29.6 Å². The van der Waals surface area contributed by atoms with Crippen LogP contribution in [0.1, 0.15) is 56.6 Å². The first-order valence-corrected chi connectivity index (χ1v) is 10.8. The van der Waals surface area contributed by atoms with Crippen LogP contribution in [0.2, 0.25) is 0 Å². The molecule has 5 nitrogen and oxygen atoms in total. The van der Waals surface area contributed by atoms with E-state index in [1.54, 1.807) is 12.4 Å². The van der Waals surface area contributed by atoms with Gasteiger partial charge in [-0.3, -0.25) is 4.98 Å². The van der Waals surface area contributed by atoms with Crippen molar-refractivity contribution in [3.8, 4) is 0 Å². The standard InChI is InChI=1S/C22H31N3O2/c26-22(24-13-19-17-9-14-8-15(11-17)12-18(19)10-14)25-20-2-1-7-27-21(20)16-3-5-23-6-4-16/h3-6,14-15,17-21H,1-2,7-13H2,(H2,24,25,26)/t14?,15?,17?,18?,19?,20-,21+/m0/s1. The van der Waals surface area contributed by atoms with Crippen molar-refractivity contribution >= 4 is 6.03 Å². The molecular formula is C22H31N3O2. The minimum atomic E-state index is -0.0753. The molecule has 1 aliphatic heterocycles. The maximum Gasteiger partial charge on any atom is 0.315 e. The average Bonchev–Trinajstić information content (AvgIpc) is 2.68. The Morgan fingerprint density at radius 2 is 1.78 bits per heavy atom. The number of hydrogen-bond donors (Lipinski definition) is 2. The Balaban J connectivity index is 1.17. The van der Waals surface area contributed by atoms with Crippen LogP contribution in [-0.2, 0) is 4.74 Å². The maximum absolute atomic E-state index is 12.6. The Bertz CT molecular complexity index is 637. The summed E-state index contributed by atoms with van der Waals surface area (Å²) in [5, 5.41) is 6.41. The number of ether oxygens (including phenoxy) is 1. The van der Waals surface area contributed by atoms with Crippen molar-refractivity contribution in [3.63, 3.8) is 0 Å². The number of nitrogens with one attached hydrogen (secondary N) is 2. The summed E-state index contributed by atoms with van der Waals surface area (Å²) in [5.41, 5.74) is 1.09. The van der Waals surface area contributed by atoms with Gasteiger partial charge in [-0.25, -0.2) is 4.79 Å².